The van der Waals surface area contributed by atoms with Crippen LogP contribution >= 0.6 is 0 Å². The van der Waals surface area contributed by atoms with Gasteiger partial charge in [0.25, 0.3) is 23.6 Å². The van der Waals surface area contributed by atoms with E-state index in [0.29, 0.717) is 30.8 Å². The fourth-order valence-electron chi connectivity index (χ4n) is 6.06. The second-order valence-electron chi connectivity index (χ2n) is 12.2. The minimum Gasteiger partial charge on any atom is -0.444 e. The number of hydrogen-bond acceptors (Lipinski definition) is 11. The number of fused-ring (bicyclic) bond motifs is 1. The number of carbonyl (C=O) groups excluding carboxylic acids is 6. The zero-order valence-electron chi connectivity index (χ0n) is 27.5. The lowest BCUT2D eigenvalue weighted by molar-refractivity contribution is -0.136. The van der Waals surface area contributed by atoms with Crippen LogP contribution < -0.4 is 21.7 Å². The van der Waals surface area contributed by atoms with Gasteiger partial charge in [0, 0.05) is 30.9 Å². The number of piperidine rings is 1. The van der Waals surface area contributed by atoms with Crippen LogP contribution in [0.25, 0.3) is 17.1 Å². The topological polar surface area (TPSA) is 225 Å². The van der Waals surface area contributed by atoms with Crippen molar-refractivity contribution in [3.8, 4) is 17.1 Å². The van der Waals surface area contributed by atoms with E-state index in [9.17, 15) is 28.8 Å². The molecule has 5 heterocycles. The summed E-state index contributed by atoms with van der Waals surface area (Å²) in [6, 6.07) is 15.0. The molecule has 3 aromatic heterocycles. The Balaban J connectivity index is 0.912. The number of benzene rings is 2. The van der Waals surface area contributed by atoms with Crippen LogP contribution in [-0.2, 0) is 22.6 Å². The Kier molecular flexibility index (Phi) is 9.20. The number of pyridine rings is 1. The molecule has 0 spiro atoms. The molecule has 2 aromatic carbocycles. The first-order chi connectivity index (χ1) is 25.2. The highest BCUT2D eigenvalue weighted by Crippen LogP contribution is 2.29. The number of nitrogens with zero attached hydrogens (tertiary/aromatic N) is 5. The molecule has 1 saturated heterocycles. The van der Waals surface area contributed by atoms with Crippen molar-refractivity contribution >= 4 is 41.1 Å². The number of anilines is 1. The minimum absolute atomic E-state index is 0.00377. The summed E-state index contributed by atoms with van der Waals surface area (Å²) in [5, 5.41) is 12.5. The maximum absolute atomic E-state index is 13.1. The molecule has 0 radical (unpaired) electrons. The van der Waals surface area contributed by atoms with E-state index in [1.807, 2.05) is 24.3 Å². The number of aryl methyl sites for hydroxylation is 1. The number of hydrogen-bond donors (Lipinski definition) is 4. The number of oxazole rings is 1. The van der Waals surface area contributed by atoms with Crippen LogP contribution in [0.1, 0.15) is 72.1 Å². The average Bonchev–Trinajstić information content (AvgIpc) is 3.87. The number of carbonyl (C=O) groups is 6. The number of imide groups is 2. The molecular weight excluding hydrogens is 670 g/mol. The molecule has 0 bridgehead atoms. The predicted molar refractivity (Wildman–Crippen MR) is 183 cm³/mol. The normalized spacial score (nSPS) is 15.5. The van der Waals surface area contributed by atoms with E-state index >= 15 is 0 Å². The van der Waals surface area contributed by atoms with Crippen LogP contribution in [0.3, 0.4) is 0 Å². The van der Waals surface area contributed by atoms with Crippen molar-refractivity contribution in [3.05, 3.63) is 113 Å². The van der Waals surface area contributed by atoms with Crippen LogP contribution in [0.4, 0.5) is 5.69 Å². The summed E-state index contributed by atoms with van der Waals surface area (Å²) >= 11 is 0. The fourth-order valence-corrected chi connectivity index (χ4v) is 6.06. The van der Waals surface area contributed by atoms with Crippen molar-refractivity contribution in [3.63, 3.8) is 0 Å². The average molecular weight is 702 g/mol. The third kappa shape index (κ3) is 6.82. The molecule has 1 fully saturated rings. The summed E-state index contributed by atoms with van der Waals surface area (Å²) in [4.78, 5) is 84.1. The van der Waals surface area contributed by atoms with Crippen molar-refractivity contribution in [1.82, 2.24) is 35.3 Å². The second kappa shape index (κ2) is 14.2. The molecule has 1 unspecified atom stereocenters. The van der Waals surface area contributed by atoms with Crippen LogP contribution in [0, 0.1) is 0 Å². The number of primary amides is 1. The Bertz CT molecular complexity index is 2230. The van der Waals surface area contributed by atoms with Crippen molar-refractivity contribution in [1.29, 1.82) is 0 Å². The summed E-state index contributed by atoms with van der Waals surface area (Å²) in [5.41, 5.74) is 9.22. The molecule has 2 aliphatic rings. The van der Waals surface area contributed by atoms with Gasteiger partial charge in [-0.15, -0.1) is 0 Å². The summed E-state index contributed by atoms with van der Waals surface area (Å²) in [7, 11) is 0. The van der Waals surface area contributed by atoms with Crippen molar-refractivity contribution in [2.45, 2.75) is 38.3 Å². The lowest BCUT2D eigenvalue weighted by Crippen LogP contribution is -2.54. The zero-order chi connectivity index (χ0) is 36.4. The van der Waals surface area contributed by atoms with E-state index < -0.39 is 41.5 Å². The Morgan fingerprint density at radius 1 is 0.962 bits per heavy atom. The maximum Gasteiger partial charge on any atom is 0.277 e. The van der Waals surface area contributed by atoms with E-state index in [1.54, 1.807) is 42.7 Å². The van der Waals surface area contributed by atoms with Gasteiger partial charge >= 0.3 is 0 Å². The molecule has 7 rings (SSSR count). The van der Waals surface area contributed by atoms with E-state index in [-0.39, 0.29) is 46.9 Å². The number of amides is 6. The molecule has 6 amide bonds. The Morgan fingerprint density at radius 2 is 1.71 bits per heavy atom. The van der Waals surface area contributed by atoms with Crippen LogP contribution in [0.2, 0.25) is 0 Å². The maximum atomic E-state index is 13.1. The highest BCUT2D eigenvalue weighted by atomic mass is 16.3. The highest BCUT2D eigenvalue weighted by Gasteiger charge is 2.44. The van der Waals surface area contributed by atoms with Gasteiger partial charge < -0.3 is 20.8 Å². The first-order valence-electron chi connectivity index (χ1n) is 16.4. The Morgan fingerprint density at radius 3 is 2.46 bits per heavy atom. The Hall–Kier alpha value is -6.81. The quantitative estimate of drug-likeness (QED) is 0.109. The lowest BCUT2D eigenvalue weighted by Gasteiger charge is -2.27. The van der Waals surface area contributed by atoms with Gasteiger partial charge in [-0.25, -0.2) is 9.67 Å². The lowest BCUT2D eigenvalue weighted by atomic mass is 10.0. The van der Waals surface area contributed by atoms with Crippen molar-refractivity contribution in [2.24, 2.45) is 5.73 Å². The third-order valence-corrected chi connectivity index (χ3v) is 8.71. The molecule has 52 heavy (non-hydrogen) atoms. The summed E-state index contributed by atoms with van der Waals surface area (Å²) in [6.45, 7) is 1.25. The number of nitrogens with two attached hydrogens (primary N) is 1. The molecule has 262 valence electrons. The van der Waals surface area contributed by atoms with Gasteiger partial charge in [-0.2, -0.15) is 5.10 Å². The largest absolute Gasteiger partial charge is 0.444 e. The van der Waals surface area contributed by atoms with Gasteiger partial charge in [-0.3, -0.25) is 44.0 Å². The molecule has 2 aliphatic heterocycles. The standard InChI is InChI=1S/C36H31N9O7/c37-31(47)30-26(40-32(48)27-19-52-34(41-27)22-11-14-38-15-12-22)18-44(43-30)23-6-3-21(4-7-23)17-39-13-1-2-20-5-8-24-25(16-20)36(51)45(35(24)50)28-9-10-29(46)42-33(28)49/h3-8,11-12,14-16,18-19,28,39H,1-2,9-10,13,17H2,(H2,37,47)(H,40,48)(H,42,46,49). The SMILES string of the molecule is NC(=O)c1nn(-c2ccc(CNCCCc3ccc4c(c3)C(=O)N(C3CCC(=O)NC3=O)C4=O)cc2)cc1NC(=O)c1coc(-c2ccncc2)n1. The third-order valence-electron chi connectivity index (χ3n) is 8.71. The van der Waals surface area contributed by atoms with E-state index in [4.69, 9.17) is 10.2 Å². The smallest absolute Gasteiger partial charge is 0.277 e. The molecule has 5 N–H and O–H groups in total. The van der Waals surface area contributed by atoms with Gasteiger partial charge in [0.05, 0.1) is 28.7 Å². The summed E-state index contributed by atoms with van der Waals surface area (Å²) < 4.78 is 6.87. The van der Waals surface area contributed by atoms with E-state index in [1.165, 1.54) is 17.1 Å². The van der Waals surface area contributed by atoms with Gasteiger partial charge in [0.15, 0.2) is 11.4 Å². The van der Waals surface area contributed by atoms with Gasteiger partial charge in [-0.05, 0) is 73.3 Å². The van der Waals surface area contributed by atoms with Crippen molar-refractivity contribution < 1.29 is 33.2 Å². The monoisotopic (exact) mass is 701 g/mol. The molecule has 1 atom stereocenters. The van der Waals surface area contributed by atoms with Gasteiger partial charge in [0.1, 0.15) is 12.3 Å². The first kappa shape index (κ1) is 33.7. The highest BCUT2D eigenvalue weighted by molar-refractivity contribution is 6.23. The van der Waals surface area contributed by atoms with Crippen LogP contribution in [0.15, 0.2) is 83.9 Å². The summed E-state index contributed by atoms with van der Waals surface area (Å²) in [5.74, 6) is -3.29. The predicted octanol–water partition coefficient (Wildman–Crippen LogP) is 2.40. The summed E-state index contributed by atoms with van der Waals surface area (Å²) in [6.07, 6.45) is 7.45. The van der Waals surface area contributed by atoms with E-state index in [0.717, 1.165) is 22.4 Å². The minimum atomic E-state index is -0.997. The van der Waals surface area contributed by atoms with Crippen molar-refractivity contribution in [2.75, 3.05) is 11.9 Å². The Labute approximate surface area is 295 Å². The molecule has 0 saturated carbocycles. The number of rotatable bonds is 12. The second-order valence-corrected chi connectivity index (χ2v) is 12.2. The number of aromatic nitrogens is 4. The first-order valence-corrected chi connectivity index (χ1v) is 16.4. The van der Waals surface area contributed by atoms with Crippen LogP contribution in [-0.4, -0.2) is 72.7 Å². The van der Waals surface area contributed by atoms with Gasteiger partial charge in [-0.1, -0.05) is 18.2 Å². The molecule has 0 aliphatic carbocycles. The van der Waals surface area contributed by atoms with Crippen LogP contribution in [0.5, 0.6) is 0 Å². The van der Waals surface area contributed by atoms with Gasteiger partial charge in [0.2, 0.25) is 17.7 Å². The zero-order valence-corrected chi connectivity index (χ0v) is 27.5. The fraction of sp³-hybridized carbons (Fsp3) is 0.194. The molecule has 16 heteroatoms. The number of nitrogens with one attached hydrogen (secondary N) is 3. The molecular formula is C36H31N9O7. The molecule has 5 aromatic rings. The van der Waals surface area contributed by atoms with E-state index in [2.05, 4.69) is 31.0 Å². The molecule has 16 nitrogen and oxygen atoms in total.